The van der Waals surface area contributed by atoms with Crippen LogP contribution in [0.25, 0.3) is 0 Å². The van der Waals surface area contributed by atoms with Crippen molar-refractivity contribution in [3.63, 3.8) is 0 Å². The van der Waals surface area contributed by atoms with Gasteiger partial charge in [-0.05, 0) is 63.9 Å². The minimum Gasteiger partial charge on any atom is -0.444 e. The average Bonchev–Trinajstić information content (AvgIpc) is 2.72. The zero-order valence-electron chi connectivity index (χ0n) is 15.0. The highest BCUT2D eigenvalue weighted by Crippen LogP contribution is 2.27. The van der Waals surface area contributed by atoms with Crippen LogP contribution in [0.4, 0.5) is 9.59 Å². The predicted molar refractivity (Wildman–Crippen MR) is 91.9 cm³/mol. The van der Waals surface area contributed by atoms with Gasteiger partial charge in [0.2, 0.25) is 0 Å². The molecule has 0 aliphatic carbocycles. The molecule has 1 aliphatic rings. The number of halogens is 1. The number of carbonyl (C=O) groups is 2. The van der Waals surface area contributed by atoms with Gasteiger partial charge in [-0.15, -0.1) is 0 Å². The van der Waals surface area contributed by atoms with E-state index in [1.807, 2.05) is 20.8 Å². The second-order valence-corrected chi connectivity index (χ2v) is 8.51. The van der Waals surface area contributed by atoms with Crippen LogP contribution in [0.3, 0.4) is 0 Å². The maximum absolute atomic E-state index is 12.4. The maximum Gasteiger partial charge on any atom is 0.435 e. The normalized spacial score (nSPS) is 15.0. The van der Waals surface area contributed by atoms with Crippen LogP contribution in [-0.4, -0.2) is 44.6 Å². The van der Waals surface area contributed by atoms with E-state index in [1.54, 1.807) is 25.7 Å². The lowest BCUT2D eigenvalue weighted by Gasteiger charge is -2.30. The summed E-state index contributed by atoms with van der Waals surface area (Å²) in [5.74, 6) is 0. The molecule has 1 aromatic rings. The molecule has 24 heavy (non-hydrogen) atoms. The molecule has 0 bridgehead atoms. The molecule has 2 rings (SSSR count). The van der Waals surface area contributed by atoms with E-state index >= 15 is 0 Å². The van der Waals surface area contributed by atoms with E-state index in [4.69, 9.17) is 9.47 Å². The van der Waals surface area contributed by atoms with Crippen molar-refractivity contribution < 1.29 is 19.1 Å². The average molecular weight is 402 g/mol. The zero-order chi connectivity index (χ0) is 18.3. The largest absolute Gasteiger partial charge is 0.444 e. The van der Waals surface area contributed by atoms with Gasteiger partial charge in [0, 0.05) is 12.1 Å². The second-order valence-electron chi connectivity index (χ2n) is 7.76. The number of ether oxygens (including phenoxy) is 2. The Morgan fingerprint density at radius 2 is 1.58 bits per heavy atom. The monoisotopic (exact) mass is 401 g/mol. The van der Waals surface area contributed by atoms with Crippen molar-refractivity contribution in [1.29, 1.82) is 0 Å². The SMILES string of the molecule is CC(C)(C)OC(=O)N1CCc2c(Br)nn(C(=O)OC(C)(C)C)c2C1. The second kappa shape index (κ2) is 6.38. The van der Waals surface area contributed by atoms with Gasteiger partial charge in [-0.2, -0.15) is 9.78 Å². The Bertz CT molecular complexity index is 656. The van der Waals surface area contributed by atoms with Crippen molar-refractivity contribution in [1.82, 2.24) is 14.7 Å². The molecule has 0 radical (unpaired) electrons. The summed E-state index contributed by atoms with van der Waals surface area (Å²) in [5.41, 5.74) is 0.375. The Hall–Kier alpha value is -1.57. The van der Waals surface area contributed by atoms with Gasteiger partial charge >= 0.3 is 12.2 Å². The number of aromatic nitrogens is 2. The van der Waals surface area contributed by atoms with Crippen molar-refractivity contribution in [2.75, 3.05) is 6.54 Å². The molecule has 0 saturated carbocycles. The first kappa shape index (κ1) is 18.8. The summed E-state index contributed by atoms with van der Waals surface area (Å²) in [5, 5.41) is 4.22. The third kappa shape index (κ3) is 4.49. The molecule has 8 heteroatoms. The number of nitrogens with zero attached hydrogens (tertiary/aromatic N) is 3. The lowest BCUT2D eigenvalue weighted by molar-refractivity contribution is 0.0210. The van der Waals surface area contributed by atoms with Crippen molar-refractivity contribution >= 4 is 28.1 Å². The van der Waals surface area contributed by atoms with Gasteiger partial charge in [-0.1, -0.05) is 0 Å². The fourth-order valence-electron chi connectivity index (χ4n) is 2.31. The summed E-state index contributed by atoms with van der Waals surface area (Å²) < 4.78 is 12.6. The lowest BCUT2D eigenvalue weighted by Crippen LogP contribution is -2.41. The number of carbonyl (C=O) groups excluding carboxylic acids is 2. The predicted octanol–water partition coefficient (Wildman–Crippen LogP) is 3.72. The van der Waals surface area contributed by atoms with Gasteiger partial charge in [0.25, 0.3) is 0 Å². The van der Waals surface area contributed by atoms with Crippen LogP contribution < -0.4 is 0 Å². The molecule has 0 spiro atoms. The van der Waals surface area contributed by atoms with Gasteiger partial charge < -0.3 is 14.4 Å². The van der Waals surface area contributed by atoms with Gasteiger partial charge in [0.05, 0.1) is 12.2 Å². The van der Waals surface area contributed by atoms with Crippen molar-refractivity contribution in [2.45, 2.75) is 65.7 Å². The molecule has 2 heterocycles. The lowest BCUT2D eigenvalue weighted by atomic mass is 10.1. The van der Waals surface area contributed by atoms with Crippen LogP contribution in [-0.2, 0) is 22.4 Å². The highest BCUT2D eigenvalue weighted by molar-refractivity contribution is 9.10. The smallest absolute Gasteiger partial charge is 0.435 e. The molecule has 1 amide bonds. The van der Waals surface area contributed by atoms with Crippen molar-refractivity contribution in [3.05, 3.63) is 15.9 Å². The van der Waals surface area contributed by atoms with Gasteiger partial charge in [0.1, 0.15) is 15.8 Å². The quantitative estimate of drug-likeness (QED) is 0.661. The Morgan fingerprint density at radius 1 is 1.04 bits per heavy atom. The molecule has 0 fully saturated rings. The Balaban J connectivity index is 2.23. The summed E-state index contributed by atoms with van der Waals surface area (Å²) in [6.07, 6.45) is -0.366. The Morgan fingerprint density at radius 3 is 2.12 bits per heavy atom. The molecule has 0 saturated heterocycles. The van der Waals surface area contributed by atoms with Gasteiger partial charge in [-0.3, -0.25) is 0 Å². The van der Waals surface area contributed by atoms with Crippen LogP contribution in [0.2, 0.25) is 0 Å². The van der Waals surface area contributed by atoms with Crippen LogP contribution in [0.1, 0.15) is 52.8 Å². The number of hydrogen-bond donors (Lipinski definition) is 0. The van der Waals surface area contributed by atoms with E-state index in [9.17, 15) is 9.59 Å². The molecule has 134 valence electrons. The van der Waals surface area contributed by atoms with Gasteiger partial charge in [-0.25, -0.2) is 9.59 Å². The molecule has 1 aliphatic heterocycles. The maximum atomic E-state index is 12.4. The zero-order valence-corrected chi connectivity index (χ0v) is 16.6. The van der Waals surface area contributed by atoms with Crippen molar-refractivity contribution in [3.8, 4) is 0 Å². The summed E-state index contributed by atoms with van der Waals surface area (Å²) in [6.45, 7) is 11.6. The minimum atomic E-state index is -0.623. The number of rotatable bonds is 0. The van der Waals surface area contributed by atoms with E-state index in [0.29, 0.717) is 23.3 Å². The van der Waals surface area contributed by atoms with Gasteiger partial charge in [0.15, 0.2) is 0 Å². The van der Waals surface area contributed by atoms with E-state index in [1.165, 1.54) is 4.68 Å². The van der Waals surface area contributed by atoms with Crippen LogP contribution >= 0.6 is 15.9 Å². The number of fused-ring (bicyclic) bond motifs is 1. The Kier molecular flexibility index (Phi) is 4.99. The molecule has 7 nitrogen and oxygen atoms in total. The standard InChI is InChI=1S/C16H24BrN3O4/c1-15(2,3)23-13(21)19-8-7-10-11(9-19)20(18-12(10)17)14(22)24-16(4,5)6/h7-9H2,1-6H3. The van der Waals surface area contributed by atoms with E-state index in [-0.39, 0.29) is 6.54 Å². The highest BCUT2D eigenvalue weighted by Gasteiger charge is 2.32. The first-order valence-electron chi connectivity index (χ1n) is 7.85. The first-order valence-corrected chi connectivity index (χ1v) is 8.64. The summed E-state index contributed by atoms with van der Waals surface area (Å²) in [6, 6.07) is 0. The van der Waals surface area contributed by atoms with Crippen LogP contribution in [0, 0.1) is 0 Å². The molecule has 0 unspecified atom stereocenters. The highest BCUT2D eigenvalue weighted by atomic mass is 79.9. The van der Waals surface area contributed by atoms with Crippen molar-refractivity contribution in [2.24, 2.45) is 0 Å². The minimum absolute atomic E-state index is 0.252. The van der Waals surface area contributed by atoms with E-state index < -0.39 is 23.4 Å². The summed E-state index contributed by atoms with van der Waals surface area (Å²) in [4.78, 5) is 26.2. The van der Waals surface area contributed by atoms with E-state index in [2.05, 4.69) is 21.0 Å². The number of hydrogen-bond acceptors (Lipinski definition) is 5. The van der Waals surface area contributed by atoms with E-state index in [0.717, 1.165) is 5.56 Å². The fourth-order valence-corrected chi connectivity index (χ4v) is 2.90. The molecular weight excluding hydrogens is 378 g/mol. The number of amides is 1. The molecule has 0 atom stereocenters. The Labute approximate surface area is 150 Å². The fraction of sp³-hybridized carbons (Fsp3) is 0.688. The molecule has 1 aromatic heterocycles. The molecule has 0 aromatic carbocycles. The third-order valence-electron chi connectivity index (χ3n) is 3.23. The third-order valence-corrected chi connectivity index (χ3v) is 3.87. The molecular formula is C16H24BrN3O4. The van der Waals surface area contributed by atoms with Crippen LogP contribution in [0.15, 0.2) is 4.60 Å². The molecule has 0 N–H and O–H groups in total. The first-order chi connectivity index (χ1) is 10.9. The van der Waals surface area contributed by atoms with Crippen LogP contribution in [0.5, 0.6) is 0 Å². The topological polar surface area (TPSA) is 73.7 Å². The summed E-state index contributed by atoms with van der Waals surface area (Å²) >= 11 is 3.38. The summed E-state index contributed by atoms with van der Waals surface area (Å²) in [7, 11) is 0.